The Morgan fingerprint density at radius 2 is 1.90 bits per heavy atom. The average Bonchev–Trinajstić information content (AvgIpc) is 2.48. The van der Waals surface area contributed by atoms with Gasteiger partial charge in [0.25, 0.3) is 0 Å². The molecule has 0 radical (unpaired) electrons. The van der Waals surface area contributed by atoms with Gasteiger partial charge in [-0.2, -0.15) is 0 Å². The summed E-state index contributed by atoms with van der Waals surface area (Å²) in [4.78, 5) is 3.82. The molecule has 1 heterocycles. The normalized spacial score (nSPS) is 13.0. The van der Waals surface area contributed by atoms with Gasteiger partial charge >= 0.3 is 0 Å². The minimum absolute atomic E-state index is 0.0149. The van der Waals surface area contributed by atoms with Crippen molar-refractivity contribution in [2.45, 2.75) is 24.2 Å². The molecule has 0 saturated heterocycles. The standard InChI is InChI=1S/C15H19N3O2S/c1-12(13-6-3-2-4-7-13)9-11-18-21(19,20)14-8-5-10-17-15(14)16/h2-8,10,12,18H,9,11H2,1H3,(H2,16,17). The van der Waals surface area contributed by atoms with Gasteiger partial charge in [0.1, 0.15) is 10.7 Å². The number of sulfonamides is 1. The van der Waals surface area contributed by atoms with E-state index in [4.69, 9.17) is 5.73 Å². The molecule has 1 aromatic heterocycles. The van der Waals surface area contributed by atoms with Gasteiger partial charge in [0, 0.05) is 12.7 Å². The van der Waals surface area contributed by atoms with Crippen LogP contribution >= 0.6 is 0 Å². The molecule has 2 rings (SSSR count). The zero-order valence-corrected chi connectivity index (χ0v) is 12.7. The fraction of sp³-hybridized carbons (Fsp3) is 0.267. The van der Waals surface area contributed by atoms with Gasteiger partial charge in [-0.15, -0.1) is 0 Å². The second-order valence-electron chi connectivity index (χ2n) is 4.88. The first kappa shape index (κ1) is 15.5. The van der Waals surface area contributed by atoms with Gasteiger partial charge in [0.05, 0.1) is 0 Å². The van der Waals surface area contributed by atoms with Crippen LogP contribution in [0.25, 0.3) is 0 Å². The second kappa shape index (κ2) is 6.69. The first-order valence-corrected chi connectivity index (χ1v) is 8.24. The maximum atomic E-state index is 12.1. The molecule has 0 aliphatic carbocycles. The molecule has 0 saturated carbocycles. The first-order chi connectivity index (χ1) is 10.0. The summed E-state index contributed by atoms with van der Waals surface area (Å²) >= 11 is 0. The van der Waals surface area contributed by atoms with Gasteiger partial charge in [-0.1, -0.05) is 37.3 Å². The topological polar surface area (TPSA) is 85.1 Å². The van der Waals surface area contributed by atoms with Gasteiger partial charge < -0.3 is 5.73 Å². The predicted molar refractivity (Wildman–Crippen MR) is 83.3 cm³/mol. The van der Waals surface area contributed by atoms with E-state index in [1.807, 2.05) is 30.3 Å². The lowest BCUT2D eigenvalue weighted by Crippen LogP contribution is -2.26. The Morgan fingerprint density at radius 3 is 2.57 bits per heavy atom. The number of nitrogens with zero attached hydrogens (tertiary/aromatic N) is 1. The Kier molecular flexibility index (Phi) is 4.93. The van der Waals surface area contributed by atoms with Crippen molar-refractivity contribution in [2.75, 3.05) is 12.3 Å². The highest BCUT2D eigenvalue weighted by Gasteiger charge is 2.17. The third-order valence-corrected chi connectivity index (χ3v) is 4.84. The van der Waals surface area contributed by atoms with E-state index in [0.29, 0.717) is 13.0 Å². The van der Waals surface area contributed by atoms with Crippen molar-refractivity contribution >= 4 is 15.8 Å². The minimum atomic E-state index is -3.61. The highest BCUT2D eigenvalue weighted by Crippen LogP contribution is 2.19. The van der Waals surface area contributed by atoms with E-state index >= 15 is 0 Å². The van der Waals surface area contributed by atoms with Gasteiger partial charge in [-0.25, -0.2) is 18.1 Å². The molecule has 2 aromatic rings. The highest BCUT2D eigenvalue weighted by molar-refractivity contribution is 7.89. The number of benzene rings is 1. The van der Waals surface area contributed by atoms with Gasteiger partial charge in [-0.3, -0.25) is 0 Å². The van der Waals surface area contributed by atoms with Crippen LogP contribution in [-0.2, 0) is 10.0 Å². The van der Waals surface area contributed by atoms with Crippen LogP contribution in [0, 0.1) is 0 Å². The van der Waals surface area contributed by atoms with Crippen molar-refractivity contribution in [3.8, 4) is 0 Å². The SMILES string of the molecule is CC(CCNS(=O)(=O)c1cccnc1N)c1ccccc1. The lowest BCUT2D eigenvalue weighted by Gasteiger charge is -2.13. The molecular formula is C15H19N3O2S. The number of nitrogens with one attached hydrogen (secondary N) is 1. The van der Waals surface area contributed by atoms with Gasteiger partial charge in [0.2, 0.25) is 10.0 Å². The van der Waals surface area contributed by atoms with E-state index in [9.17, 15) is 8.42 Å². The van der Waals surface area contributed by atoms with E-state index in [0.717, 1.165) is 0 Å². The third-order valence-electron chi connectivity index (χ3n) is 3.33. The van der Waals surface area contributed by atoms with E-state index in [-0.39, 0.29) is 16.6 Å². The monoisotopic (exact) mass is 305 g/mol. The lowest BCUT2D eigenvalue weighted by molar-refractivity contribution is 0.572. The largest absolute Gasteiger partial charge is 0.383 e. The molecule has 3 N–H and O–H groups in total. The Morgan fingerprint density at radius 1 is 1.19 bits per heavy atom. The molecule has 1 atom stereocenters. The molecule has 112 valence electrons. The molecule has 0 aliphatic rings. The summed E-state index contributed by atoms with van der Waals surface area (Å²) in [6.45, 7) is 2.43. The second-order valence-corrected chi connectivity index (χ2v) is 6.62. The van der Waals surface area contributed by atoms with Crippen molar-refractivity contribution in [3.63, 3.8) is 0 Å². The summed E-state index contributed by atoms with van der Waals surface area (Å²) in [7, 11) is -3.61. The van der Waals surface area contributed by atoms with E-state index < -0.39 is 10.0 Å². The van der Waals surface area contributed by atoms with Crippen LogP contribution in [0.15, 0.2) is 53.6 Å². The number of anilines is 1. The number of pyridine rings is 1. The molecule has 0 bridgehead atoms. The van der Waals surface area contributed by atoms with Crippen LogP contribution in [0.4, 0.5) is 5.82 Å². The number of rotatable bonds is 6. The predicted octanol–water partition coefficient (Wildman–Crippen LogP) is 2.14. The fourth-order valence-electron chi connectivity index (χ4n) is 2.07. The first-order valence-electron chi connectivity index (χ1n) is 6.76. The summed E-state index contributed by atoms with van der Waals surface area (Å²) in [6, 6.07) is 13.0. The number of aromatic nitrogens is 1. The molecule has 0 fully saturated rings. The van der Waals surface area contributed by atoms with Crippen LogP contribution in [-0.4, -0.2) is 19.9 Å². The van der Waals surface area contributed by atoms with Crippen LogP contribution in [0.1, 0.15) is 24.8 Å². The third kappa shape index (κ3) is 4.03. The highest BCUT2D eigenvalue weighted by atomic mass is 32.2. The van der Waals surface area contributed by atoms with Crippen molar-refractivity contribution < 1.29 is 8.42 Å². The zero-order chi connectivity index (χ0) is 15.3. The molecule has 0 aliphatic heterocycles. The van der Waals surface area contributed by atoms with Crippen molar-refractivity contribution in [2.24, 2.45) is 0 Å². The number of hydrogen-bond acceptors (Lipinski definition) is 4. The fourth-order valence-corrected chi connectivity index (χ4v) is 3.19. The Balaban J connectivity index is 1.96. The molecule has 5 nitrogen and oxygen atoms in total. The molecule has 1 aromatic carbocycles. The lowest BCUT2D eigenvalue weighted by atomic mass is 9.98. The molecule has 0 spiro atoms. The summed E-state index contributed by atoms with van der Waals surface area (Å²) in [5.41, 5.74) is 6.79. The van der Waals surface area contributed by atoms with Crippen LogP contribution in [0.3, 0.4) is 0 Å². The maximum Gasteiger partial charge on any atom is 0.244 e. The smallest absolute Gasteiger partial charge is 0.244 e. The number of nitrogen functional groups attached to an aromatic ring is 1. The van der Waals surface area contributed by atoms with Gasteiger partial charge in [-0.05, 0) is 30.0 Å². The average molecular weight is 305 g/mol. The Hall–Kier alpha value is -1.92. The van der Waals surface area contributed by atoms with Crippen LogP contribution in [0.5, 0.6) is 0 Å². The van der Waals surface area contributed by atoms with Crippen LogP contribution in [0.2, 0.25) is 0 Å². The van der Waals surface area contributed by atoms with E-state index in [1.54, 1.807) is 6.07 Å². The number of hydrogen-bond donors (Lipinski definition) is 2. The molecule has 6 heteroatoms. The quantitative estimate of drug-likeness (QED) is 0.856. The summed E-state index contributed by atoms with van der Waals surface area (Å²) < 4.78 is 26.8. The van der Waals surface area contributed by atoms with Crippen LogP contribution < -0.4 is 10.5 Å². The van der Waals surface area contributed by atoms with Crippen molar-refractivity contribution in [3.05, 3.63) is 54.2 Å². The molecular weight excluding hydrogens is 286 g/mol. The summed E-state index contributed by atoms with van der Waals surface area (Å²) in [5, 5.41) is 0. The Bertz CT molecular complexity index is 687. The maximum absolute atomic E-state index is 12.1. The summed E-state index contributed by atoms with van der Waals surface area (Å²) in [5.74, 6) is 0.293. The number of nitrogens with two attached hydrogens (primary N) is 1. The summed E-state index contributed by atoms with van der Waals surface area (Å²) in [6.07, 6.45) is 2.18. The molecule has 21 heavy (non-hydrogen) atoms. The minimum Gasteiger partial charge on any atom is -0.383 e. The van der Waals surface area contributed by atoms with Gasteiger partial charge in [0.15, 0.2) is 0 Å². The Labute approximate surface area is 125 Å². The molecule has 0 amide bonds. The zero-order valence-electron chi connectivity index (χ0n) is 11.9. The van der Waals surface area contributed by atoms with E-state index in [2.05, 4.69) is 16.6 Å². The van der Waals surface area contributed by atoms with Crippen molar-refractivity contribution in [1.82, 2.24) is 9.71 Å². The molecule has 1 unspecified atom stereocenters. The van der Waals surface area contributed by atoms with E-state index in [1.165, 1.54) is 17.8 Å². The van der Waals surface area contributed by atoms with Crippen molar-refractivity contribution in [1.29, 1.82) is 0 Å².